The first-order valence-corrected chi connectivity index (χ1v) is 4.63. The fourth-order valence-corrected chi connectivity index (χ4v) is 1.66. The lowest BCUT2D eigenvalue weighted by atomic mass is 10.3. The van der Waals surface area contributed by atoms with E-state index < -0.39 is 4.92 Å². The molecule has 2 aromatic heterocycles. The van der Waals surface area contributed by atoms with Crippen LogP contribution < -0.4 is 0 Å². The minimum atomic E-state index is -0.434. The van der Waals surface area contributed by atoms with E-state index in [9.17, 15) is 10.1 Å². The number of hydrogen-bond donors (Lipinski definition) is 0. The Bertz CT molecular complexity index is 710. The van der Waals surface area contributed by atoms with Gasteiger partial charge in [0.1, 0.15) is 0 Å². The Hall–Kier alpha value is -2.21. The number of hydrogen-bond acceptors (Lipinski definition) is 4. The molecule has 0 unspecified atom stereocenters. The van der Waals surface area contributed by atoms with Crippen molar-refractivity contribution in [3.05, 3.63) is 46.8 Å². The summed E-state index contributed by atoms with van der Waals surface area (Å²) in [7, 11) is 0. The molecule has 0 spiro atoms. The van der Waals surface area contributed by atoms with Crippen molar-refractivity contribution in [2.75, 3.05) is 0 Å². The van der Waals surface area contributed by atoms with Gasteiger partial charge in [0, 0.05) is 24.5 Å². The molecule has 86 valence electrons. The molecule has 1 aromatic carbocycles. The quantitative estimate of drug-likeness (QED) is 0.490. The smallest absolute Gasteiger partial charge is 0.271 e. The lowest BCUT2D eigenvalue weighted by Gasteiger charge is -1.93. The molecule has 3 aromatic rings. The summed E-state index contributed by atoms with van der Waals surface area (Å²) in [5.41, 5.74) is 1.43. The van der Waals surface area contributed by atoms with Gasteiger partial charge in [0.25, 0.3) is 5.69 Å². The molecule has 7 heteroatoms. The van der Waals surface area contributed by atoms with Gasteiger partial charge >= 0.3 is 0 Å². The van der Waals surface area contributed by atoms with E-state index in [-0.39, 0.29) is 18.1 Å². The Morgan fingerprint density at radius 1 is 1.35 bits per heavy atom. The second-order valence-electron chi connectivity index (χ2n) is 3.33. The molecule has 2 heterocycles. The third-order valence-electron chi connectivity index (χ3n) is 2.38. The lowest BCUT2D eigenvalue weighted by molar-refractivity contribution is -0.384. The Morgan fingerprint density at radius 3 is 2.94 bits per heavy atom. The van der Waals surface area contributed by atoms with Crippen molar-refractivity contribution >= 4 is 34.9 Å². The van der Waals surface area contributed by atoms with Gasteiger partial charge in [-0.15, -0.1) is 12.4 Å². The average Bonchev–Trinajstić information content (AvgIpc) is 2.66. The number of nitrogens with zero attached hydrogens (tertiary/aromatic N) is 4. The van der Waals surface area contributed by atoms with Crippen LogP contribution in [0.4, 0.5) is 5.69 Å². The average molecular weight is 251 g/mol. The normalized spacial score (nSPS) is 10.4. The second-order valence-corrected chi connectivity index (χ2v) is 3.33. The van der Waals surface area contributed by atoms with E-state index in [4.69, 9.17) is 0 Å². The first kappa shape index (κ1) is 11.3. The van der Waals surface area contributed by atoms with E-state index in [0.717, 1.165) is 5.52 Å². The highest BCUT2D eigenvalue weighted by Gasteiger charge is 2.10. The van der Waals surface area contributed by atoms with Crippen LogP contribution in [-0.4, -0.2) is 19.3 Å². The number of rotatable bonds is 1. The molecule has 0 fully saturated rings. The molecule has 0 radical (unpaired) electrons. The minimum Gasteiger partial charge on any atom is -0.284 e. The maximum atomic E-state index is 10.6. The van der Waals surface area contributed by atoms with E-state index in [0.29, 0.717) is 11.3 Å². The first-order valence-electron chi connectivity index (χ1n) is 4.63. The molecule has 0 atom stereocenters. The second kappa shape index (κ2) is 3.99. The number of nitro groups is 1. The number of benzene rings is 1. The van der Waals surface area contributed by atoms with Gasteiger partial charge in [0.2, 0.25) is 5.78 Å². The molecule has 3 rings (SSSR count). The van der Waals surface area contributed by atoms with Gasteiger partial charge in [-0.2, -0.15) is 0 Å². The van der Waals surface area contributed by atoms with Crippen molar-refractivity contribution in [3.8, 4) is 0 Å². The van der Waals surface area contributed by atoms with E-state index in [1.807, 2.05) is 6.20 Å². The first-order chi connectivity index (χ1) is 7.75. The van der Waals surface area contributed by atoms with Gasteiger partial charge in [-0.1, -0.05) is 0 Å². The molecule has 0 saturated heterocycles. The zero-order chi connectivity index (χ0) is 11.1. The van der Waals surface area contributed by atoms with E-state index in [1.54, 1.807) is 22.7 Å². The van der Waals surface area contributed by atoms with Gasteiger partial charge in [0.05, 0.1) is 16.0 Å². The Kier molecular flexibility index (Phi) is 2.64. The zero-order valence-electron chi connectivity index (χ0n) is 8.48. The molecule has 0 amide bonds. The third kappa shape index (κ3) is 1.68. The van der Waals surface area contributed by atoms with Crippen LogP contribution in [0.5, 0.6) is 0 Å². The molecular formula is C10H7ClN4O2. The summed E-state index contributed by atoms with van der Waals surface area (Å²) in [4.78, 5) is 18.5. The summed E-state index contributed by atoms with van der Waals surface area (Å²) in [5, 5.41) is 10.6. The van der Waals surface area contributed by atoms with Gasteiger partial charge in [0.15, 0.2) is 0 Å². The van der Waals surface area contributed by atoms with Crippen LogP contribution in [0.3, 0.4) is 0 Å². The Balaban J connectivity index is 0.00000108. The minimum absolute atomic E-state index is 0. The molecule has 0 aliphatic heterocycles. The third-order valence-corrected chi connectivity index (χ3v) is 2.38. The maximum Gasteiger partial charge on any atom is 0.271 e. The number of fused-ring (bicyclic) bond motifs is 3. The largest absolute Gasteiger partial charge is 0.284 e. The predicted octanol–water partition coefficient (Wildman–Crippen LogP) is 2.21. The van der Waals surface area contributed by atoms with Crippen molar-refractivity contribution in [2.24, 2.45) is 0 Å². The predicted molar refractivity (Wildman–Crippen MR) is 64.4 cm³/mol. The fourth-order valence-electron chi connectivity index (χ4n) is 1.66. The van der Waals surface area contributed by atoms with Crippen LogP contribution in [0.15, 0.2) is 36.7 Å². The molecular weight excluding hydrogens is 244 g/mol. The standard InChI is InChI=1S/C10H6N4O2.ClH/c15-14(16)7-2-3-9-8(6-7)12-10-11-4-1-5-13(9)10;/h1-6H;1H. The highest BCUT2D eigenvalue weighted by Crippen LogP contribution is 2.20. The fraction of sp³-hybridized carbons (Fsp3) is 0. The topological polar surface area (TPSA) is 73.3 Å². The van der Waals surface area contributed by atoms with Crippen LogP contribution >= 0.6 is 12.4 Å². The van der Waals surface area contributed by atoms with Crippen LogP contribution in [0.1, 0.15) is 0 Å². The van der Waals surface area contributed by atoms with Crippen LogP contribution in [-0.2, 0) is 0 Å². The number of non-ortho nitro benzene ring substituents is 1. The summed E-state index contributed by atoms with van der Waals surface area (Å²) in [5.74, 6) is 0.540. The van der Waals surface area contributed by atoms with E-state index in [2.05, 4.69) is 9.97 Å². The molecule has 0 saturated carbocycles. The van der Waals surface area contributed by atoms with Crippen molar-refractivity contribution in [2.45, 2.75) is 0 Å². The number of halogens is 1. The summed E-state index contributed by atoms with van der Waals surface area (Å²) in [6.45, 7) is 0. The Labute approximate surface area is 101 Å². The highest BCUT2D eigenvalue weighted by atomic mass is 35.5. The SMILES string of the molecule is Cl.O=[N+]([O-])c1ccc2c(c1)nc1ncccn12. The van der Waals surface area contributed by atoms with Crippen molar-refractivity contribution in [1.82, 2.24) is 14.4 Å². The summed E-state index contributed by atoms with van der Waals surface area (Å²) in [6.07, 6.45) is 3.46. The van der Waals surface area contributed by atoms with Gasteiger partial charge in [-0.05, 0) is 12.1 Å². The molecule has 0 aliphatic carbocycles. The summed E-state index contributed by atoms with van der Waals surface area (Å²) < 4.78 is 1.79. The number of imidazole rings is 1. The van der Waals surface area contributed by atoms with E-state index in [1.165, 1.54) is 12.1 Å². The Morgan fingerprint density at radius 2 is 2.18 bits per heavy atom. The van der Waals surface area contributed by atoms with E-state index >= 15 is 0 Å². The van der Waals surface area contributed by atoms with Gasteiger partial charge in [-0.25, -0.2) is 9.97 Å². The molecule has 17 heavy (non-hydrogen) atoms. The summed E-state index contributed by atoms with van der Waals surface area (Å²) in [6, 6.07) is 6.37. The maximum absolute atomic E-state index is 10.6. The van der Waals surface area contributed by atoms with Crippen LogP contribution in [0.2, 0.25) is 0 Å². The van der Waals surface area contributed by atoms with Crippen molar-refractivity contribution in [1.29, 1.82) is 0 Å². The van der Waals surface area contributed by atoms with Gasteiger partial charge in [-0.3, -0.25) is 14.5 Å². The monoisotopic (exact) mass is 250 g/mol. The summed E-state index contributed by atoms with van der Waals surface area (Å²) >= 11 is 0. The highest BCUT2D eigenvalue weighted by molar-refractivity contribution is 5.85. The van der Waals surface area contributed by atoms with Crippen LogP contribution in [0, 0.1) is 10.1 Å². The lowest BCUT2D eigenvalue weighted by Crippen LogP contribution is -1.87. The molecule has 0 aliphatic rings. The van der Waals surface area contributed by atoms with Gasteiger partial charge < -0.3 is 0 Å². The number of nitro benzene ring substituents is 1. The number of aromatic nitrogens is 3. The van der Waals surface area contributed by atoms with Crippen molar-refractivity contribution in [3.63, 3.8) is 0 Å². The molecule has 6 nitrogen and oxygen atoms in total. The zero-order valence-corrected chi connectivity index (χ0v) is 9.29. The van der Waals surface area contributed by atoms with Crippen molar-refractivity contribution < 1.29 is 4.92 Å². The molecule has 0 N–H and O–H groups in total. The van der Waals surface area contributed by atoms with Crippen LogP contribution in [0.25, 0.3) is 16.8 Å². The molecule has 0 bridgehead atoms.